The van der Waals surface area contributed by atoms with Crippen LogP contribution in [0.3, 0.4) is 0 Å². The zero-order valence-electron chi connectivity index (χ0n) is 7.54. The lowest BCUT2D eigenvalue weighted by atomic mass is 9.77. The van der Waals surface area contributed by atoms with Crippen molar-refractivity contribution in [2.45, 2.75) is 25.4 Å². The molecule has 13 heavy (non-hydrogen) atoms. The molecule has 0 aromatic rings. The summed E-state index contributed by atoms with van der Waals surface area (Å²) >= 11 is 0. The van der Waals surface area contributed by atoms with E-state index in [0.717, 1.165) is 6.29 Å². The van der Waals surface area contributed by atoms with Crippen LogP contribution in [0.1, 0.15) is 19.3 Å². The molecule has 0 amide bonds. The Morgan fingerprint density at radius 1 is 1.54 bits per heavy atom. The molecule has 1 saturated heterocycles. The number of aliphatic hydroxyl groups is 1. The van der Waals surface area contributed by atoms with Crippen molar-refractivity contribution < 1.29 is 19.0 Å². The minimum Gasteiger partial charge on any atom is -0.390 e. The van der Waals surface area contributed by atoms with E-state index in [2.05, 4.69) is 0 Å². The number of aliphatic hydroxyl groups excluding tert-OH is 1. The van der Waals surface area contributed by atoms with Crippen LogP contribution in [-0.4, -0.2) is 37.4 Å². The molecule has 0 spiro atoms. The highest BCUT2D eigenvalue weighted by Gasteiger charge is 2.34. The second kappa shape index (κ2) is 4.67. The highest BCUT2D eigenvalue weighted by molar-refractivity contribution is 5.59. The van der Waals surface area contributed by atoms with Gasteiger partial charge < -0.3 is 14.6 Å². The van der Waals surface area contributed by atoms with Crippen molar-refractivity contribution in [2.24, 2.45) is 5.41 Å². The number of halogens is 1. The maximum Gasteiger partial charge on any atom is 0.126 e. The molecule has 0 aromatic carbocycles. The number of ether oxygens (including phenoxy) is 1. The second-order valence-corrected chi connectivity index (χ2v) is 3.60. The summed E-state index contributed by atoms with van der Waals surface area (Å²) in [6.45, 7) is 0.270. The molecule has 1 atom stereocenters. The van der Waals surface area contributed by atoms with Crippen LogP contribution in [0.15, 0.2) is 0 Å². The van der Waals surface area contributed by atoms with E-state index < -0.39 is 18.2 Å². The van der Waals surface area contributed by atoms with Gasteiger partial charge in [-0.25, -0.2) is 4.39 Å². The topological polar surface area (TPSA) is 46.5 Å². The predicted octanol–water partition coefficient (Wildman–Crippen LogP) is 0.703. The van der Waals surface area contributed by atoms with Gasteiger partial charge in [-0.1, -0.05) is 0 Å². The van der Waals surface area contributed by atoms with Crippen LogP contribution in [0.25, 0.3) is 0 Å². The lowest BCUT2D eigenvalue weighted by molar-refractivity contribution is -0.124. The quantitative estimate of drug-likeness (QED) is 0.664. The Morgan fingerprint density at radius 2 is 2.15 bits per heavy atom. The molecule has 0 saturated carbocycles. The van der Waals surface area contributed by atoms with E-state index in [9.17, 15) is 9.18 Å². The van der Waals surface area contributed by atoms with Crippen molar-refractivity contribution in [3.05, 3.63) is 0 Å². The van der Waals surface area contributed by atoms with E-state index in [4.69, 9.17) is 9.84 Å². The molecule has 1 aliphatic rings. The third-order valence-electron chi connectivity index (χ3n) is 2.56. The van der Waals surface area contributed by atoms with E-state index in [1.54, 1.807) is 0 Å². The van der Waals surface area contributed by atoms with Crippen molar-refractivity contribution in [1.82, 2.24) is 0 Å². The van der Waals surface area contributed by atoms with E-state index in [1.165, 1.54) is 0 Å². The molecule has 1 N–H and O–H groups in total. The number of rotatable bonds is 4. The number of aldehydes is 1. The van der Waals surface area contributed by atoms with Gasteiger partial charge in [0.2, 0.25) is 0 Å². The molecular weight excluding hydrogens is 175 g/mol. The smallest absolute Gasteiger partial charge is 0.126 e. The zero-order chi connectivity index (χ0) is 9.73. The fraction of sp³-hybridized carbons (Fsp3) is 0.889. The molecule has 0 bridgehead atoms. The summed E-state index contributed by atoms with van der Waals surface area (Å²) in [4.78, 5) is 10.8. The largest absolute Gasteiger partial charge is 0.390 e. The van der Waals surface area contributed by atoms with Crippen molar-refractivity contribution in [3.63, 3.8) is 0 Å². The summed E-state index contributed by atoms with van der Waals surface area (Å²) in [7, 11) is 0. The van der Waals surface area contributed by atoms with Gasteiger partial charge in [-0.3, -0.25) is 0 Å². The molecule has 0 radical (unpaired) electrons. The SMILES string of the molecule is O=CC1(CC(O)CF)CCOCC1. The Kier molecular flexibility index (Phi) is 3.81. The normalized spacial score (nSPS) is 23.8. The average molecular weight is 190 g/mol. The zero-order valence-corrected chi connectivity index (χ0v) is 7.54. The van der Waals surface area contributed by atoms with Gasteiger partial charge in [0.1, 0.15) is 13.0 Å². The molecule has 76 valence electrons. The first kappa shape index (κ1) is 10.6. The Balaban J connectivity index is 2.52. The number of carbonyl (C=O) groups excluding carboxylic acids is 1. The Bertz CT molecular complexity index is 166. The van der Waals surface area contributed by atoms with Gasteiger partial charge in [0.25, 0.3) is 0 Å². The van der Waals surface area contributed by atoms with Gasteiger partial charge in [0.15, 0.2) is 0 Å². The van der Waals surface area contributed by atoms with Crippen molar-refractivity contribution in [2.75, 3.05) is 19.9 Å². The Morgan fingerprint density at radius 3 is 2.62 bits per heavy atom. The number of carbonyl (C=O) groups is 1. The lowest BCUT2D eigenvalue weighted by Gasteiger charge is -2.32. The van der Waals surface area contributed by atoms with Gasteiger partial charge >= 0.3 is 0 Å². The van der Waals surface area contributed by atoms with Gasteiger partial charge in [-0.2, -0.15) is 0 Å². The number of hydrogen-bond donors (Lipinski definition) is 1. The molecular formula is C9H15FO3. The van der Waals surface area contributed by atoms with Crippen molar-refractivity contribution in [1.29, 1.82) is 0 Å². The summed E-state index contributed by atoms with van der Waals surface area (Å²) in [5.74, 6) is 0. The van der Waals surface area contributed by atoms with Gasteiger partial charge in [0.05, 0.1) is 6.10 Å². The summed E-state index contributed by atoms with van der Waals surface area (Å²) in [5.41, 5.74) is -0.552. The number of hydrogen-bond acceptors (Lipinski definition) is 3. The van der Waals surface area contributed by atoms with E-state index >= 15 is 0 Å². The number of alkyl halides is 1. The first-order valence-electron chi connectivity index (χ1n) is 4.50. The summed E-state index contributed by atoms with van der Waals surface area (Å²) in [6, 6.07) is 0. The van der Waals surface area contributed by atoms with E-state index in [-0.39, 0.29) is 6.42 Å². The van der Waals surface area contributed by atoms with Crippen LogP contribution < -0.4 is 0 Å². The first-order valence-corrected chi connectivity index (χ1v) is 4.50. The molecule has 1 aliphatic heterocycles. The predicted molar refractivity (Wildman–Crippen MR) is 45.1 cm³/mol. The third kappa shape index (κ3) is 2.74. The molecule has 4 heteroatoms. The maximum atomic E-state index is 12.1. The van der Waals surface area contributed by atoms with Gasteiger partial charge in [-0.05, 0) is 19.3 Å². The molecule has 0 aliphatic carbocycles. The average Bonchev–Trinajstić information content (AvgIpc) is 2.19. The van der Waals surface area contributed by atoms with Crippen LogP contribution in [-0.2, 0) is 9.53 Å². The molecule has 1 rings (SSSR count). The first-order chi connectivity index (χ1) is 6.22. The lowest BCUT2D eigenvalue weighted by Crippen LogP contribution is -2.35. The summed E-state index contributed by atoms with van der Waals surface area (Å²) in [5, 5.41) is 9.13. The fourth-order valence-corrected chi connectivity index (χ4v) is 1.67. The Labute approximate surface area is 76.9 Å². The minimum absolute atomic E-state index is 0.219. The third-order valence-corrected chi connectivity index (χ3v) is 2.56. The van der Waals surface area contributed by atoms with Gasteiger partial charge in [0, 0.05) is 18.6 Å². The monoisotopic (exact) mass is 190 g/mol. The molecule has 3 nitrogen and oxygen atoms in total. The van der Waals surface area contributed by atoms with Crippen LogP contribution in [0.4, 0.5) is 4.39 Å². The summed E-state index contributed by atoms with van der Waals surface area (Å²) in [6.07, 6.45) is 1.23. The minimum atomic E-state index is -1.01. The molecule has 1 unspecified atom stereocenters. The van der Waals surface area contributed by atoms with Crippen LogP contribution in [0, 0.1) is 5.41 Å². The Hall–Kier alpha value is -0.480. The van der Waals surface area contributed by atoms with Crippen molar-refractivity contribution in [3.8, 4) is 0 Å². The molecule has 1 fully saturated rings. The van der Waals surface area contributed by atoms with Crippen LogP contribution >= 0.6 is 0 Å². The maximum absolute atomic E-state index is 12.1. The molecule has 0 aromatic heterocycles. The van der Waals surface area contributed by atoms with Crippen LogP contribution in [0.5, 0.6) is 0 Å². The van der Waals surface area contributed by atoms with E-state index in [1.807, 2.05) is 0 Å². The second-order valence-electron chi connectivity index (χ2n) is 3.60. The summed E-state index contributed by atoms with van der Waals surface area (Å²) < 4.78 is 17.2. The molecule has 1 heterocycles. The van der Waals surface area contributed by atoms with Gasteiger partial charge in [-0.15, -0.1) is 0 Å². The highest BCUT2D eigenvalue weighted by Crippen LogP contribution is 2.33. The van der Waals surface area contributed by atoms with Crippen LogP contribution in [0.2, 0.25) is 0 Å². The standard InChI is InChI=1S/C9H15FO3/c10-6-8(12)5-9(7-11)1-3-13-4-2-9/h7-8,12H,1-6H2. The highest BCUT2D eigenvalue weighted by atomic mass is 19.1. The van der Waals surface area contributed by atoms with E-state index in [0.29, 0.717) is 26.1 Å². The van der Waals surface area contributed by atoms with Crippen molar-refractivity contribution >= 4 is 6.29 Å². The fourth-order valence-electron chi connectivity index (χ4n) is 1.67.